The maximum absolute atomic E-state index is 11.0. The lowest BCUT2D eigenvalue weighted by atomic mass is 10.1. The fourth-order valence-electron chi connectivity index (χ4n) is 2.29. The molecule has 0 unspecified atom stereocenters. The Balaban J connectivity index is 2.41. The number of benzene rings is 1. The van der Waals surface area contributed by atoms with Crippen LogP contribution in [0, 0.1) is 10.1 Å². The maximum Gasteiger partial charge on any atom is 0.305 e. The number of nitro groups is 1. The molecule has 0 spiro atoms. The highest BCUT2D eigenvalue weighted by Crippen LogP contribution is 2.23. The molecule has 0 aliphatic heterocycles. The molecule has 1 rings (SSSR count). The van der Waals surface area contributed by atoms with Gasteiger partial charge in [-0.2, -0.15) is 0 Å². The average molecular weight is 367 g/mol. The Labute approximate surface area is 153 Å². The van der Waals surface area contributed by atoms with E-state index in [9.17, 15) is 14.9 Å². The van der Waals surface area contributed by atoms with Crippen molar-refractivity contribution in [2.45, 2.75) is 38.6 Å². The number of nitro benzene ring substituents is 1. The van der Waals surface area contributed by atoms with Crippen LogP contribution in [0.1, 0.15) is 44.2 Å². The highest BCUT2D eigenvalue weighted by molar-refractivity contribution is 7.80. The van der Waals surface area contributed by atoms with Crippen molar-refractivity contribution < 1.29 is 14.5 Å². The van der Waals surface area contributed by atoms with Gasteiger partial charge in [-0.25, -0.2) is 0 Å². The lowest BCUT2D eigenvalue weighted by molar-refractivity contribution is -0.384. The Morgan fingerprint density at radius 3 is 2.76 bits per heavy atom. The van der Waals surface area contributed by atoms with Gasteiger partial charge in [0.1, 0.15) is 0 Å². The first-order chi connectivity index (χ1) is 11.9. The van der Waals surface area contributed by atoms with E-state index < -0.39 is 4.92 Å². The highest BCUT2D eigenvalue weighted by Gasteiger charge is 2.16. The van der Waals surface area contributed by atoms with E-state index in [1.165, 1.54) is 13.2 Å². The zero-order chi connectivity index (χ0) is 18.8. The summed E-state index contributed by atoms with van der Waals surface area (Å²) < 4.78 is 4.59. The number of hydrogen-bond donors (Lipinski definition) is 1. The minimum Gasteiger partial charge on any atom is -0.469 e. The van der Waals surface area contributed by atoms with Gasteiger partial charge < -0.3 is 15.0 Å². The molecule has 0 amide bonds. The van der Waals surface area contributed by atoms with Crippen molar-refractivity contribution in [3.63, 3.8) is 0 Å². The number of hydrogen-bond acceptors (Lipinski definition) is 5. The lowest BCUT2D eigenvalue weighted by Gasteiger charge is -2.28. The van der Waals surface area contributed by atoms with Gasteiger partial charge in [-0.1, -0.05) is 18.6 Å². The van der Waals surface area contributed by atoms with Crippen LogP contribution in [0.2, 0.25) is 0 Å². The number of nitrogens with zero attached hydrogens (tertiary/aromatic N) is 2. The van der Waals surface area contributed by atoms with E-state index in [0.29, 0.717) is 18.1 Å². The third-order valence-corrected chi connectivity index (χ3v) is 4.46. The zero-order valence-electron chi connectivity index (χ0n) is 14.9. The van der Waals surface area contributed by atoms with Gasteiger partial charge in [0, 0.05) is 32.1 Å². The summed E-state index contributed by atoms with van der Waals surface area (Å²) >= 11 is 5.38. The van der Waals surface area contributed by atoms with Crippen LogP contribution in [0.3, 0.4) is 0 Å². The third-order valence-electron chi connectivity index (χ3n) is 4.03. The molecule has 138 valence electrons. The summed E-state index contributed by atoms with van der Waals surface area (Å²) in [5.74, 6) is -0.186. The minimum atomic E-state index is -0.402. The lowest BCUT2D eigenvalue weighted by Crippen LogP contribution is -2.38. The van der Waals surface area contributed by atoms with Crippen LogP contribution in [0.15, 0.2) is 24.3 Å². The summed E-state index contributed by atoms with van der Waals surface area (Å²) in [6.45, 7) is 2.66. The van der Waals surface area contributed by atoms with Gasteiger partial charge in [0.15, 0.2) is 5.11 Å². The molecule has 8 heteroatoms. The van der Waals surface area contributed by atoms with E-state index in [0.717, 1.165) is 24.8 Å². The number of methoxy groups -OCH3 is 1. The fraction of sp³-hybridized carbons (Fsp3) is 0.529. The van der Waals surface area contributed by atoms with Gasteiger partial charge in [0.25, 0.3) is 5.69 Å². The predicted octanol–water partition coefficient (Wildman–Crippen LogP) is 3.20. The average Bonchev–Trinajstić information content (AvgIpc) is 2.62. The molecule has 0 saturated heterocycles. The second-order valence-corrected chi connectivity index (χ2v) is 6.14. The fourth-order valence-corrected chi connectivity index (χ4v) is 2.55. The number of non-ortho nitro benzene ring substituents is 1. The van der Waals surface area contributed by atoms with Crippen LogP contribution in [0.25, 0.3) is 0 Å². The van der Waals surface area contributed by atoms with Crippen molar-refractivity contribution in [3.05, 3.63) is 39.9 Å². The van der Waals surface area contributed by atoms with Gasteiger partial charge in [0.2, 0.25) is 0 Å². The molecule has 0 bridgehead atoms. The normalized spacial score (nSPS) is 11.5. The van der Waals surface area contributed by atoms with E-state index in [-0.39, 0.29) is 17.7 Å². The maximum atomic E-state index is 11.0. The van der Waals surface area contributed by atoms with Crippen LogP contribution >= 0.6 is 12.2 Å². The van der Waals surface area contributed by atoms with Crippen LogP contribution in [-0.2, 0) is 9.53 Å². The molecule has 25 heavy (non-hydrogen) atoms. The van der Waals surface area contributed by atoms with Crippen LogP contribution in [-0.4, -0.2) is 41.6 Å². The summed E-state index contributed by atoms with van der Waals surface area (Å²) in [7, 11) is 3.25. The first-order valence-corrected chi connectivity index (χ1v) is 8.59. The standard InChI is InChI=1S/C17H25N3O4S/c1-13(14-8-7-9-15(12-14)20(22)23)19(2)17(25)18-11-6-4-5-10-16(21)24-3/h7-9,12-13H,4-6,10-11H2,1-3H3,(H,18,25)/t13-/m1/s1. The van der Waals surface area contributed by atoms with Gasteiger partial charge in [-0.15, -0.1) is 0 Å². The second kappa shape index (κ2) is 10.6. The molecule has 7 nitrogen and oxygen atoms in total. The van der Waals surface area contributed by atoms with Gasteiger partial charge in [0.05, 0.1) is 18.1 Å². The van der Waals surface area contributed by atoms with Crippen molar-refractivity contribution in [1.82, 2.24) is 10.2 Å². The number of thiocarbonyl (C=S) groups is 1. The predicted molar refractivity (Wildman–Crippen MR) is 100 cm³/mol. The molecule has 0 saturated carbocycles. The first kappa shape index (κ1) is 20.8. The van der Waals surface area contributed by atoms with Crippen molar-refractivity contribution >= 4 is 29.0 Å². The summed E-state index contributed by atoms with van der Waals surface area (Å²) in [6, 6.07) is 6.48. The highest BCUT2D eigenvalue weighted by atomic mass is 32.1. The molecule has 1 N–H and O–H groups in total. The van der Waals surface area contributed by atoms with Gasteiger partial charge in [-0.05, 0) is 37.5 Å². The molecule has 0 aliphatic rings. The Morgan fingerprint density at radius 2 is 2.12 bits per heavy atom. The van der Waals surface area contributed by atoms with Crippen LogP contribution < -0.4 is 5.32 Å². The molecular weight excluding hydrogens is 342 g/mol. The molecule has 1 aromatic carbocycles. The summed E-state index contributed by atoms with van der Waals surface area (Å²) in [5, 5.41) is 14.7. The van der Waals surface area contributed by atoms with E-state index in [4.69, 9.17) is 12.2 Å². The number of unbranched alkanes of at least 4 members (excludes halogenated alkanes) is 2. The number of esters is 1. The Kier molecular flexibility index (Phi) is 8.83. The second-order valence-electron chi connectivity index (χ2n) is 5.76. The number of carbonyl (C=O) groups is 1. The number of nitrogens with one attached hydrogen (secondary N) is 1. The molecule has 1 aromatic rings. The Morgan fingerprint density at radius 1 is 1.40 bits per heavy atom. The Bertz CT molecular complexity index is 609. The number of rotatable bonds is 9. The smallest absolute Gasteiger partial charge is 0.305 e. The Hall–Kier alpha value is -2.22. The topological polar surface area (TPSA) is 84.7 Å². The third kappa shape index (κ3) is 7.04. The van der Waals surface area contributed by atoms with Gasteiger partial charge >= 0.3 is 5.97 Å². The van der Waals surface area contributed by atoms with Crippen molar-refractivity contribution in [3.8, 4) is 0 Å². The van der Waals surface area contributed by atoms with Gasteiger partial charge in [-0.3, -0.25) is 14.9 Å². The monoisotopic (exact) mass is 367 g/mol. The molecular formula is C17H25N3O4S. The number of ether oxygens (including phenoxy) is 1. The van der Waals surface area contributed by atoms with E-state index >= 15 is 0 Å². The van der Waals surface area contributed by atoms with Crippen LogP contribution in [0.4, 0.5) is 5.69 Å². The van der Waals surface area contributed by atoms with E-state index in [2.05, 4.69) is 10.1 Å². The summed E-state index contributed by atoms with van der Waals surface area (Å²) in [4.78, 5) is 23.4. The molecule has 0 radical (unpaired) electrons. The van der Waals surface area contributed by atoms with Crippen molar-refractivity contribution in [2.24, 2.45) is 0 Å². The summed E-state index contributed by atoms with van der Waals surface area (Å²) in [6.07, 6.45) is 3.04. The largest absolute Gasteiger partial charge is 0.469 e. The zero-order valence-corrected chi connectivity index (χ0v) is 15.7. The van der Waals surface area contributed by atoms with Crippen LogP contribution in [0.5, 0.6) is 0 Å². The first-order valence-electron chi connectivity index (χ1n) is 8.18. The molecule has 0 aliphatic carbocycles. The summed E-state index contributed by atoms with van der Waals surface area (Å²) in [5.41, 5.74) is 0.904. The quantitative estimate of drug-likeness (QED) is 0.236. The van der Waals surface area contributed by atoms with Crippen molar-refractivity contribution in [2.75, 3.05) is 20.7 Å². The van der Waals surface area contributed by atoms with Crippen molar-refractivity contribution in [1.29, 1.82) is 0 Å². The molecule has 0 fully saturated rings. The van der Waals surface area contributed by atoms with E-state index in [1.807, 2.05) is 24.9 Å². The number of carbonyl (C=O) groups excluding carboxylic acids is 1. The minimum absolute atomic E-state index is 0.0715. The molecule has 0 heterocycles. The van der Waals surface area contributed by atoms with E-state index in [1.54, 1.807) is 12.1 Å². The SMILES string of the molecule is COC(=O)CCCCCNC(=S)N(C)[C@H](C)c1cccc([N+](=O)[O-])c1. The molecule has 1 atom stereocenters. The molecule has 0 aromatic heterocycles.